The van der Waals surface area contributed by atoms with Gasteiger partial charge < -0.3 is 5.32 Å². The van der Waals surface area contributed by atoms with Crippen molar-refractivity contribution >= 4 is 17.0 Å². The molecule has 0 saturated heterocycles. The average molecular weight is 204 g/mol. The highest BCUT2D eigenvalue weighted by Gasteiger charge is 1.93. The lowest BCUT2D eigenvalue weighted by atomic mass is 10.2. The number of aromatic nitrogens is 1. The van der Waals surface area contributed by atoms with Gasteiger partial charge in [0.25, 0.3) is 0 Å². The molecule has 0 aliphatic heterocycles. The summed E-state index contributed by atoms with van der Waals surface area (Å²) >= 11 is 1.71. The Kier molecular flexibility index (Phi) is 3.14. The lowest BCUT2D eigenvalue weighted by Gasteiger charge is -2.02. The van der Waals surface area contributed by atoms with Gasteiger partial charge in [-0.2, -0.15) is 11.3 Å². The largest absolute Gasteiger partial charge is 0.384 e. The van der Waals surface area contributed by atoms with Crippen LogP contribution in [0.3, 0.4) is 0 Å². The van der Waals surface area contributed by atoms with Crippen molar-refractivity contribution in [3.8, 4) is 0 Å². The zero-order valence-electron chi connectivity index (χ0n) is 7.81. The van der Waals surface area contributed by atoms with E-state index in [-0.39, 0.29) is 0 Å². The Hall–Kier alpha value is -1.35. The first-order valence-electron chi connectivity index (χ1n) is 4.60. The maximum atomic E-state index is 4.07. The van der Waals surface area contributed by atoms with Gasteiger partial charge in [0.15, 0.2) is 0 Å². The number of anilines is 1. The summed E-state index contributed by atoms with van der Waals surface area (Å²) in [6.07, 6.45) is 4.73. The first-order valence-corrected chi connectivity index (χ1v) is 5.54. The number of pyridine rings is 1. The van der Waals surface area contributed by atoms with Crippen LogP contribution >= 0.6 is 11.3 Å². The second-order valence-corrected chi connectivity index (χ2v) is 3.83. The fourth-order valence-corrected chi connectivity index (χ4v) is 1.87. The molecule has 0 spiro atoms. The highest BCUT2D eigenvalue weighted by atomic mass is 32.1. The molecule has 1 N–H and O–H groups in total. The van der Waals surface area contributed by atoms with E-state index in [9.17, 15) is 0 Å². The monoisotopic (exact) mass is 204 g/mol. The second kappa shape index (κ2) is 4.77. The number of rotatable bonds is 4. The van der Waals surface area contributed by atoms with Gasteiger partial charge in [0.05, 0.1) is 0 Å². The third-order valence-electron chi connectivity index (χ3n) is 1.99. The number of hydrogen-bond acceptors (Lipinski definition) is 3. The van der Waals surface area contributed by atoms with Crippen molar-refractivity contribution in [3.63, 3.8) is 0 Å². The summed E-state index contributed by atoms with van der Waals surface area (Å²) in [6, 6.07) is 6.16. The molecule has 0 atom stereocenters. The molecule has 2 nitrogen and oxygen atoms in total. The number of hydrogen-bond donors (Lipinski definition) is 1. The molecule has 0 radical (unpaired) electrons. The first-order chi connectivity index (χ1) is 6.95. The molecule has 2 rings (SSSR count). The molecule has 72 valence electrons. The van der Waals surface area contributed by atoms with Crippen molar-refractivity contribution < 1.29 is 0 Å². The zero-order chi connectivity index (χ0) is 9.64. The zero-order valence-corrected chi connectivity index (χ0v) is 8.63. The molecule has 2 aromatic rings. The van der Waals surface area contributed by atoms with E-state index >= 15 is 0 Å². The Labute approximate surface area is 87.6 Å². The van der Waals surface area contributed by atoms with Crippen molar-refractivity contribution in [2.45, 2.75) is 6.42 Å². The number of nitrogens with one attached hydrogen (secondary N) is 1. The molecule has 0 aromatic carbocycles. The van der Waals surface area contributed by atoms with Gasteiger partial charge in [-0.05, 0) is 29.5 Å². The third kappa shape index (κ3) is 2.57. The van der Waals surface area contributed by atoms with E-state index in [1.165, 1.54) is 11.3 Å². The lowest BCUT2D eigenvalue weighted by Crippen LogP contribution is -2.03. The Morgan fingerprint density at radius 1 is 1.36 bits per heavy atom. The van der Waals surface area contributed by atoms with Crippen LogP contribution in [0, 0.1) is 0 Å². The Balaban J connectivity index is 1.79. The van der Waals surface area contributed by atoms with Gasteiger partial charge in [0.1, 0.15) is 0 Å². The topological polar surface area (TPSA) is 24.9 Å². The molecule has 0 unspecified atom stereocenters. The first kappa shape index (κ1) is 9.21. The van der Waals surface area contributed by atoms with E-state index in [1.54, 1.807) is 17.5 Å². The molecule has 0 amide bonds. The van der Waals surface area contributed by atoms with Crippen molar-refractivity contribution in [1.82, 2.24) is 4.98 Å². The SMILES string of the molecule is c1cncc(CCNc2ccsc2)c1. The summed E-state index contributed by atoms with van der Waals surface area (Å²) in [7, 11) is 0. The minimum Gasteiger partial charge on any atom is -0.384 e. The van der Waals surface area contributed by atoms with E-state index in [0.717, 1.165) is 13.0 Å². The molecule has 3 heteroatoms. The fourth-order valence-electron chi connectivity index (χ4n) is 1.26. The maximum absolute atomic E-state index is 4.07. The fraction of sp³-hybridized carbons (Fsp3) is 0.182. The Morgan fingerprint density at radius 2 is 2.36 bits per heavy atom. The third-order valence-corrected chi connectivity index (χ3v) is 2.67. The molecule has 2 aromatic heterocycles. The lowest BCUT2D eigenvalue weighted by molar-refractivity contribution is 1.01. The second-order valence-electron chi connectivity index (χ2n) is 3.05. The quantitative estimate of drug-likeness (QED) is 0.828. The highest BCUT2D eigenvalue weighted by molar-refractivity contribution is 7.08. The van der Waals surface area contributed by atoms with Gasteiger partial charge >= 0.3 is 0 Å². The summed E-state index contributed by atoms with van der Waals surface area (Å²) in [6.45, 7) is 0.961. The van der Waals surface area contributed by atoms with Crippen LogP contribution in [0.5, 0.6) is 0 Å². The van der Waals surface area contributed by atoms with Crippen LogP contribution < -0.4 is 5.32 Å². The van der Waals surface area contributed by atoms with E-state index in [4.69, 9.17) is 0 Å². The van der Waals surface area contributed by atoms with Crippen molar-refractivity contribution in [1.29, 1.82) is 0 Å². The molecular weight excluding hydrogens is 192 g/mol. The van der Waals surface area contributed by atoms with E-state index < -0.39 is 0 Å². The average Bonchev–Trinajstić information content (AvgIpc) is 2.72. The van der Waals surface area contributed by atoms with Gasteiger partial charge in [-0.25, -0.2) is 0 Å². The Morgan fingerprint density at radius 3 is 3.07 bits per heavy atom. The van der Waals surface area contributed by atoms with Gasteiger partial charge in [0, 0.05) is 30.0 Å². The molecule has 0 bridgehead atoms. The van der Waals surface area contributed by atoms with Gasteiger partial charge in [-0.1, -0.05) is 6.07 Å². The smallest absolute Gasteiger partial charge is 0.0448 e. The van der Waals surface area contributed by atoms with Gasteiger partial charge in [-0.15, -0.1) is 0 Å². The van der Waals surface area contributed by atoms with Gasteiger partial charge in [-0.3, -0.25) is 4.98 Å². The summed E-state index contributed by atoms with van der Waals surface area (Å²) in [5, 5.41) is 7.55. The Bertz CT molecular complexity index is 356. The molecule has 0 aliphatic rings. The van der Waals surface area contributed by atoms with E-state index in [2.05, 4.69) is 33.2 Å². The summed E-state index contributed by atoms with van der Waals surface area (Å²) in [4.78, 5) is 4.07. The minimum absolute atomic E-state index is 0.961. The molecule has 0 fully saturated rings. The molecular formula is C11H12N2S. The number of thiophene rings is 1. The normalized spacial score (nSPS) is 10.0. The van der Waals surface area contributed by atoms with Crippen LogP contribution in [0.1, 0.15) is 5.56 Å². The molecule has 0 aliphatic carbocycles. The summed E-state index contributed by atoms with van der Waals surface area (Å²) < 4.78 is 0. The molecule has 0 saturated carbocycles. The van der Waals surface area contributed by atoms with E-state index in [0.29, 0.717) is 0 Å². The summed E-state index contributed by atoms with van der Waals surface area (Å²) in [5.41, 5.74) is 2.48. The van der Waals surface area contributed by atoms with Crippen molar-refractivity contribution in [3.05, 3.63) is 46.9 Å². The predicted molar refractivity (Wildman–Crippen MR) is 60.7 cm³/mol. The minimum atomic E-state index is 0.961. The van der Waals surface area contributed by atoms with Crippen molar-refractivity contribution in [2.24, 2.45) is 0 Å². The standard InChI is InChI=1S/C11H12N2S/c1-2-10(8-12-5-1)3-6-13-11-4-7-14-9-11/h1-2,4-5,7-9,13H,3,6H2. The van der Waals surface area contributed by atoms with Crippen LogP contribution in [-0.2, 0) is 6.42 Å². The summed E-state index contributed by atoms with van der Waals surface area (Å²) in [5.74, 6) is 0. The van der Waals surface area contributed by atoms with Crippen LogP contribution in [0.25, 0.3) is 0 Å². The van der Waals surface area contributed by atoms with E-state index in [1.807, 2.05) is 12.3 Å². The van der Waals surface area contributed by atoms with Crippen LogP contribution in [0.4, 0.5) is 5.69 Å². The highest BCUT2D eigenvalue weighted by Crippen LogP contribution is 2.11. The van der Waals surface area contributed by atoms with Crippen molar-refractivity contribution in [2.75, 3.05) is 11.9 Å². The molecule has 2 heterocycles. The van der Waals surface area contributed by atoms with Crippen LogP contribution in [-0.4, -0.2) is 11.5 Å². The van der Waals surface area contributed by atoms with Crippen LogP contribution in [0.15, 0.2) is 41.4 Å². The van der Waals surface area contributed by atoms with Crippen LogP contribution in [0.2, 0.25) is 0 Å². The predicted octanol–water partition coefficient (Wildman–Crippen LogP) is 2.80. The molecule has 14 heavy (non-hydrogen) atoms. The maximum Gasteiger partial charge on any atom is 0.0448 e. The van der Waals surface area contributed by atoms with Gasteiger partial charge in [0.2, 0.25) is 0 Å². The number of nitrogens with zero attached hydrogens (tertiary/aromatic N) is 1.